The van der Waals surface area contributed by atoms with Crippen molar-refractivity contribution in [1.29, 1.82) is 10.5 Å². The van der Waals surface area contributed by atoms with Crippen LogP contribution in [0.5, 0.6) is 0 Å². The van der Waals surface area contributed by atoms with Gasteiger partial charge in [-0.25, -0.2) is 58.0 Å². The van der Waals surface area contributed by atoms with Crippen molar-refractivity contribution in [3.05, 3.63) is 144 Å². The summed E-state index contributed by atoms with van der Waals surface area (Å²) in [6.45, 7) is 3.05. The molecule has 4 heterocycles. The number of methoxy groups -OCH3 is 4. The molecule has 2 radical (unpaired) electrons. The number of carbonyl (C=O) groups excluding carboxylic acids is 12. The molecule has 26 nitrogen and oxygen atoms in total. The molecule has 422 valence electrons. The molecule has 0 bridgehead atoms. The van der Waals surface area contributed by atoms with Crippen LogP contribution in [0.25, 0.3) is 0 Å². The minimum atomic E-state index is -0.734. The zero-order valence-electron chi connectivity index (χ0n) is 43.7. The monoisotopic (exact) mass is 1280 g/mol. The standard InChI is InChI=1S/4C12H12N2O4.2C2H3N.2Rh/c4*1-18-11(16)9-7-14(12(17)13-9)10(15)8-5-3-2-4-6-8;2*1-2-3;;/h4*2-6,9H,7H2,1H3,(H,13,17);2*1H3;;/q;;;;;;2*+2/p+4. The average Bonchev–Trinajstić information content (AvgIpc) is 4.28. The predicted octanol–water partition coefficient (Wildman–Crippen LogP) is -0.0112. The minimum absolute atomic E-state index is 0. The molecule has 28 heteroatoms. The number of carbonyl (C=O) groups is 8. The first-order valence-corrected chi connectivity index (χ1v) is 23.1. The summed E-state index contributed by atoms with van der Waals surface area (Å²) < 4.78 is 18.2. The van der Waals surface area contributed by atoms with Gasteiger partial charge in [-0.2, -0.15) is 10.5 Å². The fraction of sp³-hybridized carbons (Fsp3) is 0.269. The Morgan fingerprint density at radius 2 is 0.537 bits per heavy atom. The number of imide groups is 4. The SMILES string of the molecule is CC#N.CC#N.COC(=O)C1CN(C(=O)c2ccccc2)C(=[OH+])N1.COC(=O)C1CN(C(=O)c2ccccc2)C(=[OH+])N1.COC(=O)C1CN(C(=O)c2ccccc2)C(=[OH+])N1.COC(=O)C1CN(C(=O)c2ccccc2)C(=[OH+])N1.[Rh+2].[Rh+2]. The molecule has 4 saturated heterocycles. The number of rotatable bonds is 8. The molecular weight excluding hydrogens is 1230 g/mol. The first-order valence-electron chi connectivity index (χ1n) is 23.1. The third kappa shape index (κ3) is 19.6. The molecule has 4 aromatic carbocycles. The second-order valence-corrected chi connectivity index (χ2v) is 15.7. The van der Waals surface area contributed by atoms with Crippen LogP contribution in [-0.2, 0) is 77.1 Å². The van der Waals surface area contributed by atoms with Crippen LogP contribution >= 0.6 is 0 Å². The predicted molar refractivity (Wildman–Crippen MR) is 276 cm³/mol. The van der Waals surface area contributed by atoms with Gasteiger partial charge in [0.1, 0.15) is 0 Å². The van der Waals surface area contributed by atoms with Crippen molar-refractivity contribution < 1.29 is 115 Å². The Labute approximate surface area is 484 Å². The van der Waals surface area contributed by atoms with Gasteiger partial charge in [0.15, 0.2) is 24.2 Å². The average molecular weight is 1280 g/mol. The van der Waals surface area contributed by atoms with Crippen molar-refractivity contribution >= 4 is 71.6 Å². The van der Waals surface area contributed by atoms with Crippen LogP contribution < -0.4 is 21.3 Å². The number of nitrogens with zero attached hydrogens (tertiary/aromatic N) is 6. The van der Waals surface area contributed by atoms with Crippen LogP contribution in [0.3, 0.4) is 0 Å². The van der Waals surface area contributed by atoms with Crippen LogP contribution in [0.4, 0.5) is 0 Å². The van der Waals surface area contributed by atoms with Crippen LogP contribution in [0.15, 0.2) is 121 Å². The normalized spacial score (nSPS) is 16.8. The number of amides is 12. The second kappa shape index (κ2) is 35.2. The summed E-state index contributed by atoms with van der Waals surface area (Å²) in [4.78, 5) is 137. The summed E-state index contributed by atoms with van der Waals surface area (Å²) in [6.07, 6.45) is 0. The van der Waals surface area contributed by atoms with Crippen LogP contribution in [0.1, 0.15) is 55.3 Å². The van der Waals surface area contributed by atoms with E-state index in [0.29, 0.717) is 22.3 Å². The van der Waals surface area contributed by atoms with E-state index in [-0.39, 0.29) is 113 Å². The van der Waals surface area contributed by atoms with Gasteiger partial charge < -0.3 is 18.9 Å². The van der Waals surface area contributed by atoms with Crippen molar-refractivity contribution in [1.82, 2.24) is 40.9 Å². The van der Waals surface area contributed by atoms with Crippen molar-refractivity contribution in [3.8, 4) is 12.1 Å². The van der Waals surface area contributed by atoms with E-state index in [9.17, 15) is 57.5 Å². The third-order valence-corrected chi connectivity index (χ3v) is 10.7. The fourth-order valence-electron chi connectivity index (χ4n) is 6.96. The number of benzene rings is 4. The van der Waals surface area contributed by atoms with Crippen molar-refractivity contribution in [2.75, 3.05) is 54.6 Å². The van der Waals surface area contributed by atoms with E-state index in [0.717, 1.165) is 19.6 Å². The van der Waals surface area contributed by atoms with Crippen molar-refractivity contribution in [3.63, 3.8) is 0 Å². The van der Waals surface area contributed by atoms with Gasteiger partial charge in [0, 0.05) is 36.1 Å². The van der Waals surface area contributed by atoms with E-state index >= 15 is 0 Å². The summed E-state index contributed by atoms with van der Waals surface area (Å²) in [5.74, 6) is -3.57. The Morgan fingerprint density at radius 3 is 0.675 bits per heavy atom. The van der Waals surface area contributed by atoms with E-state index in [1.807, 2.05) is 0 Å². The quantitative estimate of drug-likeness (QED) is 0.0781. The Balaban J connectivity index is 0.000000511. The molecule has 0 aliphatic carbocycles. The molecule has 12 amide bonds. The Morgan fingerprint density at radius 1 is 0.388 bits per heavy atom. The number of nitrogens with one attached hydrogen (secondary N) is 4. The molecule has 4 unspecified atom stereocenters. The maximum Gasteiger partial charge on any atom is 2.00 e. The number of urea groups is 4. The van der Waals surface area contributed by atoms with E-state index in [1.165, 1.54) is 42.3 Å². The van der Waals surface area contributed by atoms with E-state index in [2.05, 4.69) is 40.2 Å². The number of hydrogen-bond acceptors (Lipinski definition) is 14. The van der Waals surface area contributed by atoms with Gasteiger partial charge in [-0.05, 0) is 48.5 Å². The third-order valence-electron chi connectivity index (χ3n) is 10.7. The van der Waals surface area contributed by atoms with Gasteiger partial charge in [0.2, 0.25) is 0 Å². The smallest absolute Gasteiger partial charge is 0.467 e. The number of esters is 4. The summed E-state index contributed by atoms with van der Waals surface area (Å²) in [6, 6.07) is 33.3. The number of ether oxygens (including phenoxy) is 4. The van der Waals surface area contributed by atoms with E-state index in [1.54, 1.807) is 133 Å². The van der Waals surface area contributed by atoms with Gasteiger partial charge in [0.25, 0.3) is 23.6 Å². The zero-order chi connectivity index (χ0) is 57.9. The Bertz CT molecular complexity index is 2520. The first-order chi connectivity index (χ1) is 37.3. The van der Waals surface area contributed by atoms with Crippen LogP contribution in [0.2, 0.25) is 0 Å². The molecule has 4 atom stereocenters. The van der Waals surface area contributed by atoms with Crippen LogP contribution in [-0.4, -0.2) is 189 Å². The molecule has 4 aliphatic rings. The molecular formula is C52H58N10O16Rh2+8. The van der Waals surface area contributed by atoms with Gasteiger partial charge in [-0.3, -0.25) is 40.4 Å². The van der Waals surface area contributed by atoms with Gasteiger partial charge >= 0.3 is 87.0 Å². The second-order valence-electron chi connectivity index (χ2n) is 15.7. The summed E-state index contributed by atoms with van der Waals surface area (Å²) in [5.41, 5.74) is 1.76. The Hall–Kier alpha value is -9.25. The zero-order valence-corrected chi connectivity index (χ0v) is 47.0. The maximum atomic E-state index is 12.1. The molecule has 0 aromatic heterocycles. The molecule has 4 fully saturated rings. The van der Waals surface area contributed by atoms with Gasteiger partial charge in [0.05, 0.1) is 66.8 Å². The largest absolute Gasteiger partial charge is 2.00 e. The van der Waals surface area contributed by atoms with Gasteiger partial charge in [-0.1, -0.05) is 72.8 Å². The number of nitriles is 2. The van der Waals surface area contributed by atoms with E-state index < -0.39 is 48.0 Å². The van der Waals surface area contributed by atoms with Crippen molar-refractivity contribution in [2.45, 2.75) is 38.0 Å². The molecule has 0 saturated carbocycles. The fourth-order valence-corrected chi connectivity index (χ4v) is 6.96. The van der Waals surface area contributed by atoms with Crippen molar-refractivity contribution in [2.24, 2.45) is 0 Å². The minimum Gasteiger partial charge on any atom is -0.467 e. The summed E-state index contributed by atoms with van der Waals surface area (Å²) in [5, 5.41) is 24.7. The summed E-state index contributed by atoms with van der Waals surface area (Å²) in [7, 11) is 5.01. The van der Waals surface area contributed by atoms with E-state index in [4.69, 9.17) is 10.5 Å². The summed E-state index contributed by atoms with van der Waals surface area (Å²) >= 11 is 0. The molecule has 4 aromatic rings. The van der Waals surface area contributed by atoms with Gasteiger partial charge in [-0.15, -0.1) is 0 Å². The molecule has 8 N–H and O–H groups in total. The molecule has 0 spiro atoms. The molecule has 80 heavy (non-hydrogen) atoms. The Kier molecular flexibility index (Phi) is 30.3. The maximum absolute atomic E-state index is 12.1. The molecule has 4 aliphatic heterocycles. The first kappa shape index (κ1) is 68.8. The number of hydrogen-bond donors (Lipinski definition) is 4. The molecule has 8 rings (SSSR count). The van der Waals surface area contributed by atoms with Crippen LogP contribution in [0, 0.1) is 22.7 Å². The topological polar surface area (TPSA) is 368 Å².